The molecule has 27 heavy (non-hydrogen) atoms. The molecule has 0 aliphatic heterocycles. The topological polar surface area (TPSA) is 106 Å². The number of hydrogen-bond acceptors (Lipinski definition) is 3. The number of amides is 1. The molecule has 0 radical (unpaired) electrons. The highest BCUT2D eigenvalue weighted by atomic mass is 32.2. The predicted octanol–water partition coefficient (Wildman–Crippen LogP) is 0.980. The van der Waals surface area contributed by atoms with Crippen LogP contribution in [0.25, 0.3) is 0 Å². The van der Waals surface area contributed by atoms with Crippen LogP contribution < -0.4 is 15.8 Å². The lowest BCUT2D eigenvalue weighted by Gasteiger charge is -2.27. The molecule has 2 atom stereocenters. The second-order valence-corrected chi connectivity index (χ2v) is 8.63. The van der Waals surface area contributed by atoms with Gasteiger partial charge in [0.1, 0.15) is 6.54 Å². The largest absolute Gasteiger partial charge is 0.344 e. The van der Waals surface area contributed by atoms with Crippen LogP contribution in [0.5, 0.6) is 0 Å². The molecule has 144 valence electrons. The Labute approximate surface area is 160 Å². The predicted molar refractivity (Wildman–Crippen MR) is 103 cm³/mol. The summed E-state index contributed by atoms with van der Waals surface area (Å²) in [5.41, 5.74) is 3.48. The van der Waals surface area contributed by atoms with Gasteiger partial charge in [-0.25, -0.2) is 13.6 Å². The van der Waals surface area contributed by atoms with Gasteiger partial charge in [0.2, 0.25) is 10.0 Å². The Balaban J connectivity index is 1.56. The smallest absolute Gasteiger partial charge is 0.278 e. The quantitative estimate of drug-likeness (QED) is 0.687. The normalized spacial score (nSPS) is 17.8. The number of sulfonamides is 1. The van der Waals surface area contributed by atoms with Gasteiger partial charge in [0.05, 0.1) is 10.9 Å². The number of nitrogens with one attached hydrogen (secondary N) is 1. The molecule has 0 saturated heterocycles. The molecular formula is C20H26N3O3S+. The SMILES string of the molecule is C[C@H]([NH2+]Cc1ccc(S(N)(=O)=O)cc1)C(=O)N[C@@H]1CCCc2ccccc21. The molecule has 0 unspecified atom stereocenters. The van der Waals surface area contributed by atoms with Gasteiger partial charge in [-0.1, -0.05) is 36.4 Å². The molecule has 1 aliphatic rings. The first-order valence-corrected chi connectivity index (χ1v) is 10.7. The maximum atomic E-state index is 12.6. The number of benzene rings is 2. The van der Waals surface area contributed by atoms with Crippen LogP contribution in [0.3, 0.4) is 0 Å². The lowest BCUT2D eigenvalue weighted by Crippen LogP contribution is -2.90. The van der Waals surface area contributed by atoms with Crippen LogP contribution in [-0.4, -0.2) is 20.4 Å². The molecule has 0 fully saturated rings. The fraction of sp³-hybridized carbons (Fsp3) is 0.350. The lowest BCUT2D eigenvalue weighted by atomic mass is 9.87. The number of rotatable bonds is 6. The van der Waals surface area contributed by atoms with Crippen molar-refractivity contribution in [3.8, 4) is 0 Å². The minimum atomic E-state index is -3.68. The fourth-order valence-corrected chi connectivity index (χ4v) is 3.96. The van der Waals surface area contributed by atoms with E-state index in [1.165, 1.54) is 23.3 Å². The molecule has 3 rings (SSSR count). The summed E-state index contributed by atoms with van der Waals surface area (Å²) in [7, 11) is -3.68. The Kier molecular flexibility index (Phi) is 5.94. The molecule has 7 heteroatoms. The Morgan fingerprint density at radius 1 is 1.22 bits per heavy atom. The Hall–Kier alpha value is -2.22. The van der Waals surface area contributed by atoms with Gasteiger partial charge in [0.15, 0.2) is 6.04 Å². The van der Waals surface area contributed by atoms with Crippen molar-refractivity contribution in [1.82, 2.24) is 5.32 Å². The summed E-state index contributed by atoms with van der Waals surface area (Å²) in [5, 5.41) is 10.2. The van der Waals surface area contributed by atoms with Crippen LogP contribution in [0.15, 0.2) is 53.4 Å². The highest BCUT2D eigenvalue weighted by Crippen LogP contribution is 2.29. The van der Waals surface area contributed by atoms with Crippen molar-refractivity contribution >= 4 is 15.9 Å². The molecule has 0 aromatic heterocycles. The van der Waals surface area contributed by atoms with E-state index >= 15 is 0 Å². The molecule has 1 aliphatic carbocycles. The minimum absolute atomic E-state index is 0.0119. The van der Waals surface area contributed by atoms with Gasteiger partial charge in [0.25, 0.3) is 5.91 Å². The summed E-state index contributed by atoms with van der Waals surface area (Å²) in [6, 6.07) is 14.5. The average molecular weight is 389 g/mol. The molecular weight excluding hydrogens is 362 g/mol. The van der Waals surface area contributed by atoms with Crippen LogP contribution in [0.4, 0.5) is 0 Å². The Morgan fingerprint density at radius 2 is 1.93 bits per heavy atom. The van der Waals surface area contributed by atoms with E-state index in [0.717, 1.165) is 24.8 Å². The van der Waals surface area contributed by atoms with Gasteiger partial charge in [0, 0.05) is 5.56 Å². The van der Waals surface area contributed by atoms with Crippen LogP contribution >= 0.6 is 0 Å². The van der Waals surface area contributed by atoms with Crippen molar-refractivity contribution in [2.24, 2.45) is 5.14 Å². The zero-order chi connectivity index (χ0) is 19.4. The van der Waals surface area contributed by atoms with E-state index in [9.17, 15) is 13.2 Å². The van der Waals surface area contributed by atoms with Crippen molar-refractivity contribution in [2.75, 3.05) is 0 Å². The highest BCUT2D eigenvalue weighted by Gasteiger charge is 2.24. The van der Waals surface area contributed by atoms with E-state index in [2.05, 4.69) is 17.4 Å². The summed E-state index contributed by atoms with van der Waals surface area (Å²) < 4.78 is 22.6. The zero-order valence-corrected chi connectivity index (χ0v) is 16.2. The maximum absolute atomic E-state index is 12.6. The standard InChI is InChI=1S/C20H25N3O3S/c1-14(22-13-15-9-11-17(12-10-15)27(21,25)26)20(24)23-19-8-4-6-16-5-2-3-7-18(16)19/h2-3,5,7,9-12,14,19,22H,4,6,8,13H2,1H3,(H,23,24)(H2,21,25,26)/p+1/t14-,19+/m0/s1. The van der Waals surface area contributed by atoms with Crippen molar-refractivity contribution in [3.63, 3.8) is 0 Å². The monoisotopic (exact) mass is 388 g/mol. The van der Waals surface area contributed by atoms with Crippen LogP contribution in [0.1, 0.15) is 42.5 Å². The molecule has 0 bridgehead atoms. The second-order valence-electron chi connectivity index (χ2n) is 7.07. The van der Waals surface area contributed by atoms with Gasteiger partial charge < -0.3 is 10.6 Å². The summed E-state index contributed by atoms with van der Waals surface area (Å²) in [6.07, 6.45) is 3.11. The summed E-state index contributed by atoms with van der Waals surface area (Å²) in [5.74, 6) is 0.0119. The van der Waals surface area contributed by atoms with Gasteiger partial charge >= 0.3 is 0 Å². The fourth-order valence-electron chi connectivity index (χ4n) is 3.44. The summed E-state index contributed by atoms with van der Waals surface area (Å²) in [6.45, 7) is 2.46. The number of quaternary nitrogens is 1. The number of carbonyl (C=O) groups is 1. The zero-order valence-electron chi connectivity index (χ0n) is 15.4. The molecule has 2 aromatic rings. The van der Waals surface area contributed by atoms with Crippen molar-refractivity contribution < 1.29 is 18.5 Å². The number of nitrogens with two attached hydrogens (primary N) is 2. The van der Waals surface area contributed by atoms with Crippen LogP contribution in [0.2, 0.25) is 0 Å². The highest BCUT2D eigenvalue weighted by molar-refractivity contribution is 7.89. The van der Waals surface area contributed by atoms with Crippen molar-refractivity contribution in [3.05, 3.63) is 65.2 Å². The van der Waals surface area contributed by atoms with Crippen LogP contribution in [-0.2, 0) is 27.8 Å². The van der Waals surface area contributed by atoms with Gasteiger partial charge in [-0.3, -0.25) is 4.79 Å². The number of hydrogen-bond donors (Lipinski definition) is 3. The Bertz CT molecular complexity index is 910. The number of carbonyl (C=O) groups excluding carboxylic acids is 1. The third-order valence-corrected chi connectivity index (χ3v) is 5.99. The first-order chi connectivity index (χ1) is 12.8. The minimum Gasteiger partial charge on any atom is -0.344 e. The third-order valence-electron chi connectivity index (χ3n) is 5.06. The number of fused-ring (bicyclic) bond motifs is 1. The third kappa shape index (κ3) is 4.94. The second kappa shape index (κ2) is 8.21. The maximum Gasteiger partial charge on any atom is 0.278 e. The molecule has 1 amide bonds. The van der Waals surface area contributed by atoms with Crippen LogP contribution in [0, 0.1) is 0 Å². The summed E-state index contributed by atoms with van der Waals surface area (Å²) in [4.78, 5) is 12.7. The van der Waals surface area contributed by atoms with E-state index < -0.39 is 10.0 Å². The first-order valence-electron chi connectivity index (χ1n) is 9.18. The summed E-state index contributed by atoms with van der Waals surface area (Å²) >= 11 is 0. The van der Waals surface area contributed by atoms with Crippen molar-refractivity contribution in [1.29, 1.82) is 0 Å². The lowest BCUT2D eigenvalue weighted by molar-refractivity contribution is -0.689. The molecule has 2 aromatic carbocycles. The van der Waals surface area contributed by atoms with Gasteiger partial charge in [-0.05, 0) is 49.4 Å². The van der Waals surface area contributed by atoms with Crippen molar-refractivity contribution in [2.45, 2.75) is 49.7 Å². The number of primary sulfonamides is 1. The van der Waals surface area contributed by atoms with E-state index in [1.807, 2.05) is 24.4 Å². The Morgan fingerprint density at radius 3 is 2.63 bits per heavy atom. The number of aryl methyl sites for hydroxylation is 1. The molecule has 0 spiro atoms. The molecule has 6 nitrogen and oxygen atoms in total. The molecule has 0 saturated carbocycles. The van der Waals surface area contributed by atoms with E-state index in [4.69, 9.17) is 5.14 Å². The molecule has 5 N–H and O–H groups in total. The average Bonchev–Trinajstić information content (AvgIpc) is 2.66. The van der Waals surface area contributed by atoms with E-state index in [-0.39, 0.29) is 22.9 Å². The molecule has 0 heterocycles. The van der Waals surface area contributed by atoms with Gasteiger partial charge in [-0.2, -0.15) is 0 Å². The van der Waals surface area contributed by atoms with E-state index in [1.54, 1.807) is 12.1 Å². The van der Waals surface area contributed by atoms with Gasteiger partial charge in [-0.15, -0.1) is 0 Å². The first kappa shape index (κ1) is 19.5. The van der Waals surface area contributed by atoms with E-state index in [0.29, 0.717) is 6.54 Å².